The molecule has 7 heterocycles. The number of pyridine rings is 2. The van der Waals surface area contributed by atoms with Crippen LogP contribution in [0.1, 0.15) is 54.4 Å². The summed E-state index contributed by atoms with van der Waals surface area (Å²) in [6.07, 6.45) is 16.9. The van der Waals surface area contributed by atoms with Crippen molar-refractivity contribution in [1.29, 1.82) is 0 Å². The standard InChI is InChI=1S/C42H38F2N8O4/c1-3-30-33(43)10-7-24-16-29(53)17-31(35(24)30)37-36(44)38-32(20-46-37)39(49-41(48-38)56-23-42-11-5-13-51(42)14-6-12-42)50-21-27-8-9-28(22-50)52(27)40(55)25-15-26(19-45-18-25)47-34(54)4-2/h1,4,7,10,15-20,27-28,53H,2,5-6,8-9,11-14,21-23H2,(H,47,54). The number of amides is 2. The maximum Gasteiger partial charge on any atom is 0.319 e. The van der Waals surface area contributed by atoms with Crippen LogP contribution in [0.15, 0.2) is 61.6 Å². The topological polar surface area (TPSA) is 137 Å². The molecule has 2 aromatic carbocycles. The van der Waals surface area contributed by atoms with Crippen molar-refractivity contribution in [3.05, 3.63) is 84.3 Å². The van der Waals surface area contributed by atoms with Gasteiger partial charge in [0.2, 0.25) is 5.91 Å². The lowest BCUT2D eigenvalue weighted by atomic mass is 9.95. The summed E-state index contributed by atoms with van der Waals surface area (Å²) in [5, 5.41) is 14.3. The molecule has 0 spiro atoms. The molecule has 2 atom stereocenters. The van der Waals surface area contributed by atoms with Crippen molar-refractivity contribution in [3.8, 4) is 35.4 Å². The van der Waals surface area contributed by atoms with Crippen molar-refractivity contribution in [1.82, 2.24) is 29.7 Å². The monoisotopic (exact) mass is 756 g/mol. The van der Waals surface area contributed by atoms with Crippen LogP contribution in [0.4, 0.5) is 20.3 Å². The van der Waals surface area contributed by atoms with Gasteiger partial charge in [-0.3, -0.25) is 24.5 Å². The van der Waals surface area contributed by atoms with E-state index in [1.807, 2.05) is 9.80 Å². The summed E-state index contributed by atoms with van der Waals surface area (Å²) in [5.41, 5.74) is 0.443. The third-order valence-electron chi connectivity index (χ3n) is 11.8. The van der Waals surface area contributed by atoms with Gasteiger partial charge in [-0.15, -0.1) is 6.42 Å². The molecule has 2 N–H and O–H groups in total. The van der Waals surface area contributed by atoms with Crippen LogP contribution in [0.2, 0.25) is 0 Å². The Hall–Kier alpha value is -6.20. The third-order valence-corrected chi connectivity index (χ3v) is 11.8. The van der Waals surface area contributed by atoms with Gasteiger partial charge in [-0.05, 0) is 87.3 Å². The minimum atomic E-state index is -0.802. The molecule has 0 radical (unpaired) electrons. The number of hydrogen-bond donors (Lipinski definition) is 2. The number of ether oxygens (including phenoxy) is 1. The first-order valence-electron chi connectivity index (χ1n) is 18.8. The van der Waals surface area contributed by atoms with E-state index in [0.29, 0.717) is 47.5 Å². The molecule has 3 aromatic heterocycles. The van der Waals surface area contributed by atoms with Crippen molar-refractivity contribution in [3.63, 3.8) is 0 Å². The molecule has 0 aliphatic carbocycles. The number of hydrogen-bond acceptors (Lipinski definition) is 10. The fourth-order valence-corrected chi connectivity index (χ4v) is 9.30. The van der Waals surface area contributed by atoms with Crippen LogP contribution in [0, 0.1) is 24.0 Å². The summed E-state index contributed by atoms with van der Waals surface area (Å²) in [4.78, 5) is 50.5. The number of anilines is 2. The van der Waals surface area contributed by atoms with E-state index in [0.717, 1.165) is 57.7 Å². The average Bonchev–Trinajstić information content (AvgIpc) is 3.87. The van der Waals surface area contributed by atoms with Gasteiger partial charge in [-0.25, -0.2) is 8.78 Å². The number of rotatable bonds is 8. The Morgan fingerprint density at radius 2 is 1.84 bits per heavy atom. The van der Waals surface area contributed by atoms with E-state index in [1.54, 1.807) is 6.07 Å². The normalized spacial score (nSPS) is 19.9. The molecule has 5 aromatic rings. The van der Waals surface area contributed by atoms with E-state index in [1.165, 1.54) is 42.9 Å². The molecule has 2 unspecified atom stereocenters. The summed E-state index contributed by atoms with van der Waals surface area (Å²) in [6, 6.07) is 6.66. The number of nitrogens with one attached hydrogen (secondary N) is 1. The number of aromatic hydroxyl groups is 1. The number of phenolic OH excluding ortho intramolecular Hbond substituents is 1. The summed E-state index contributed by atoms with van der Waals surface area (Å²) in [5.74, 6) is 0.567. The number of carbonyl (C=O) groups excluding carboxylic acids is 2. The molecule has 4 aliphatic rings. The van der Waals surface area contributed by atoms with Crippen LogP contribution >= 0.6 is 0 Å². The first kappa shape index (κ1) is 35.5. The molecule has 2 bridgehead atoms. The SMILES string of the molecule is C#Cc1c(F)ccc2cc(O)cc(-c3ncc4c(N5CC6CCC(C5)N6C(=O)c5cncc(NC(=O)C=C)c5)nc(OCC56CCCN5CCC6)nc4c3F)c12. The van der Waals surface area contributed by atoms with Crippen LogP contribution in [0.3, 0.4) is 0 Å². The molecule has 284 valence electrons. The molecule has 9 rings (SSSR count). The fourth-order valence-electron chi connectivity index (χ4n) is 9.30. The number of phenols is 1. The average molecular weight is 757 g/mol. The molecule has 4 fully saturated rings. The van der Waals surface area contributed by atoms with E-state index >= 15 is 4.39 Å². The van der Waals surface area contributed by atoms with E-state index in [2.05, 4.69) is 37.7 Å². The van der Waals surface area contributed by atoms with Crippen molar-refractivity contribution in [2.45, 2.75) is 56.1 Å². The molecule has 0 saturated carbocycles. The van der Waals surface area contributed by atoms with Crippen molar-refractivity contribution in [2.75, 3.05) is 43.0 Å². The largest absolute Gasteiger partial charge is 0.508 e. The second kappa shape index (κ2) is 13.8. The first-order chi connectivity index (χ1) is 27.2. The zero-order valence-electron chi connectivity index (χ0n) is 30.5. The van der Waals surface area contributed by atoms with Gasteiger partial charge in [-0.2, -0.15) is 9.97 Å². The maximum atomic E-state index is 17.1. The number of fused-ring (bicyclic) bond motifs is 5. The van der Waals surface area contributed by atoms with E-state index in [9.17, 15) is 19.1 Å². The van der Waals surface area contributed by atoms with Crippen molar-refractivity contribution < 1.29 is 28.2 Å². The number of carbonyl (C=O) groups is 2. The Morgan fingerprint density at radius 1 is 1.07 bits per heavy atom. The van der Waals surface area contributed by atoms with Gasteiger partial charge in [0.15, 0.2) is 5.82 Å². The second-order valence-corrected chi connectivity index (χ2v) is 15.0. The maximum absolute atomic E-state index is 17.1. The highest BCUT2D eigenvalue weighted by Gasteiger charge is 2.46. The zero-order chi connectivity index (χ0) is 38.7. The smallest absolute Gasteiger partial charge is 0.319 e. The Bertz CT molecular complexity index is 2480. The molecule has 4 aliphatic heterocycles. The number of aromatic nitrogens is 4. The summed E-state index contributed by atoms with van der Waals surface area (Å²) in [6.45, 7) is 6.64. The van der Waals surface area contributed by atoms with Crippen molar-refractivity contribution >= 4 is 45.0 Å². The van der Waals surface area contributed by atoms with Crippen LogP contribution in [0.5, 0.6) is 11.8 Å². The van der Waals surface area contributed by atoms with E-state index in [-0.39, 0.29) is 63.0 Å². The minimum absolute atomic E-state index is 0.0168. The van der Waals surface area contributed by atoms with Crippen LogP contribution in [-0.2, 0) is 4.79 Å². The lowest BCUT2D eigenvalue weighted by molar-refractivity contribution is -0.111. The Balaban J connectivity index is 1.11. The van der Waals surface area contributed by atoms with E-state index < -0.39 is 17.5 Å². The molecule has 56 heavy (non-hydrogen) atoms. The summed E-state index contributed by atoms with van der Waals surface area (Å²) in [7, 11) is 0. The lowest BCUT2D eigenvalue weighted by Crippen LogP contribution is -2.56. The molecule has 2 amide bonds. The van der Waals surface area contributed by atoms with Gasteiger partial charge >= 0.3 is 6.01 Å². The third kappa shape index (κ3) is 5.94. The summed E-state index contributed by atoms with van der Waals surface area (Å²) >= 11 is 0. The Morgan fingerprint density at radius 3 is 2.57 bits per heavy atom. The van der Waals surface area contributed by atoms with Gasteiger partial charge < -0.3 is 25.0 Å². The van der Waals surface area contributed by atoms with Crippen LogP contribution in [-0.4, -0.2) is 97.1 Å². The minimum Gasteiger partial charge on any atom is -0.508 e. The fraction of sp³-hybridized carbons (Fsp3) is 0.333. The molecule has 4 saturated heterocycles. The zero-order valence-corrected chi connectivity index (χ0v) is 30.5. The van der Waals surface area contributed by atoms with Gasteiger partial charge in [-0.1, -0.05) is 18.6 Å². The van der Waals surface area contributed by atoms with Gasteiger partial charge in [0, 0.05) is 36.4 Å². The lowest BCUT2D eigenvalue weighted by Gasteiger charge is -2.42. The number of halogens is 2. The second-order valence-electron chi connectivity index (χ2n) is 15.0. The van der Waals surface area contributed by atoms with Gasteiger partial charge in [0.05, 0.1) is 46.0 Å². The van der Waals surface area contributed by atoms with E-state index in [4.69, 9.17) is 16.1 Å². The molecule has 14 heteroatoms. The Labute approximate surface area is 321 Å². The summed E-state index contributed by atoms with van der Waals surface area (Å²) < 4.78 is 38.5. The highest BCUT2D eigenvalue weighted by molar-refractivity contribution is 6.03. The molecular weight excluding hydrogens is 719 g/mol. The number of nitrogens with zero attached hydrogens (tertiary/aromatic N) is 7. The Kier molecular flexibility index (Phi) is 8.76. The van der Waals surface area contributed by atoms with Crippen LogP contribution < -0.4 is 15.0 Å². The molecule has 12 nitrogen and oxygen atoms in total. The first-order valence-corrected chi connectivity index (χ1v) is 18.8. The van der Waals surface area contributed by atoms with Gasteiger partial charge in [0.1, 0.15) is 35.2 Å². The number of piperazine rings is 1. The number of terminal acetylenes is 1. The van der Waals surface area contributed by atoms with Gasteiger partial charge in [0.25, 0.3) is 5.91 Å². The van der Waals surface area contributed by atoms with Crippen LogP contribution in [0.25, 0.3) is 32.9 Å². The molecular formula is C42H38F2N8O4. The number of benzene rings is 2. The predicted molar refractivity (Wildman–Crippen MR) is 206 cm³/mol. The predicted octanol–water partition coefficient (Wildman–Crippen LogP) is 5.83. The van der Waals surface area contributed by atoms with Crippen molar-refractivity contribution in [2.24, 2.45) is 0 Å². The highest BCUT2D eigenvalue weighted by Crippen LogP contribution is 2.42. The quantitative estimate of drug-likeness (QED) is 0.147. The highest BCUT2D eigenvalue weighted by atomic mass is 19.1.